The molecule has 0 amide bonds. The van der Waals surface area contributed by atoms with Gasteiger partial charge in [0.1, 0.15) is 5.76 Å². The van der Waals surface area contributed by atoms with E-state index >= 15 is 0 Å². The maximum absolute atomic E-state index is 10.7. The van der Waals surface area contributed by atoms with Crippen LogP contribution in [0.15, 0.2) is 10.6 Å². The third-order valence-corrected chi connectivity index (χ3v) is 3.35. The Labute approximate surface area is 94.6 Å². The van der Waals surface area contributed by atoms with Crippen molar-refractivity contribution in [3.8, 4) is 0 Å². The topological polar surface area (TPSA) is 63.3 Å². The van der Waals surface area contributed by atoms with Gasteiger partial charge in [-0.25, -0.2) is 4.79 Å². The number of aromatic nitrogens is 1. The zero-order chi connectivity index (χ0) is 11.8. The Morgan fingerprint density at radius 2 is 2.38 bits per heavy atom. The smallest absolute Gasteiger partial charge is 0.358 e. The molecule has 88 valence electrons. The molecule has 1 aliphatic carbocycles. The molecule has 0 bridgehead atoms. The highest BCUT2D eigenvalue weighted by atomic mass is 16.5. The van der Waals surface area contributed by atoms with Gasteiger partial charge in [0, 0.05) is 12.0 Å². The predicted molar refractivity (Wildman–Crippen MR) is 58.5 cm³/mol. The molecular formula is C12H17NO3. The minimum atomic E-state index is -1.02. The van der Waals surface area contributed by atoms with Crippen LogP contribution in [0.4, 0.5) is 0 Å². The zero-order valence-corrected chi connectivity index (χ0v) is 9.69. The van der Waals surface area contributed by atoms with Crippen molar-refractivity contribution in [1.82, 2.24) is 5.16 Å². The number of carbonyl (C=O) groups is 1. The van der Waals surface area contributed by atoms with E-state index in [2.05, 4.69) is 19.0 Å². The number of rotatable bonds is 2. The van der Waals surface area contributed by atoms with Gasteiger partial charge in [0.25, 0.3) is 0 Å². The summed E-state index contributed by atoms with van der Waals surface area (Å²) in [5, 5.41) is 12.3. The molecule has 0 spiro atoms. The molecule has 0 radical (unpaired) electrons. The van der Waals surface area contributed by atoms with Crippen molar-refractivity contribution in [2.24, 2.45) is 5.41 Å². The van der Waals surface area contributed by atoms with Crippen molar-refractivity contribution in [3.05, 3.63) is 17.5 Å². The van der Waals surface area contributed by atoms with Crippen LogP contribution in [0.1, 0.15) is 61.7 Å². The van der Waals surface area contributed by atoms with Crippen molar-refractivity contribution >= 4 is 5.97 Å². The largest absolute Gasteiger partial charge is 0.476 e. The minimum absolute atomic E-state index is 0.0124. The number of carboxylic acid groups (broad SMARTS) is 1. The van der Waals surface area contributed by atoms with Gasteiger partial charge in [0.05, 0.1) is 0 Å². The summed E-state index contributed by atoms with van der Waals surface area (Å²) in [5.74, 6) is 0.0274. The Bertz CT molecular complexity index is 395. The van der Waals surface area contributed by atoms with Crippen molar-refractivity contribution < 1.29 is 14.4 Å². The van der Waals surface area contributed by atoms with Crippen LogP contribution < -0.4 is 0 Å². The average molecular weight is 223 g/mol. The van der Waals surface area contributed by atoms with Crippen LogP contribution in [0.2, 0.25) is 0 Å². The van der Waals surface area contributed by atoms with Gasteiger partial charge in [-0.05, 0) is 24.7 Å². The molecule has 1 aromatic heterocycles. The van der Waals surface area contributed by atoms with E-state index in [1.165, 1.54) is 12.8 Å². The standard InChI is InChI=1S/C12H17NO3/c1-12(2)5-3-4-8(7-12)10-6-9(11(14)15)13-16-10/h6,8H,3-5,7H2,1-2H3,(H,14,15). The molecule has 1 aliphatic rings. The molecule has 1 unspecified atom stereocenters. The van der Waals surface area contributed by atoms with Gasteiger partial charge in [-0.2, -0.15) is 0 Å². The SMILES string of the molecule is CC1(C)CCCC(c2cc(C(=O)O)no2)C1. The average Bonchev–Trinajstić information content (AvgIpc) is 2.64. The van der Waals surface area contributed by atoms with E-state index < -0.39 is 5.97 Å². The minimum Gasteiger partial charge on any atom is -0.476 e. The van der Waals surface area contributed by atoms with Gasteiger partial charge in [-0.15, -0.1) is 0 Å². The summed E-state index contributed by atoms with van der Waals surface area (Å²) in [6.45, 7) is 4.49. The number of nitrogens with zero attached hydrogens (tertiary/aromatic N) is 1. The van der Waals surface area contributed by atoms with Crippen LogP contribution >= 0.6 is 0 Å². The van der Waals surface area contributed by atoms with E-state index in [1.54, 1.807) is 6.07 Å². The van der Waals surface area contributed by atoms with Crippen LogP contribution in [-0.4, -0.2) is 16.2 Å². The molecule has 1 fully saturated rings. The number of carboxylic acids is 1. The van der Waals surface area contributed by atoms with Crippen molar-refractivity contribution in [1.29, 1.82) is 0 Å². The lowest BCUT2D eigenvalue weighted by Gasteiger charge is -2.33. The maximum atomic E-state index is 10.7. The van der Waals surface area contributed by atoms with Gasteiger partial charge in [0.2, 0.25) is 0 Å². The van der Waals surface area contributed by atoms with Gasteiger partial charge in [-0.3, -0.25) is 0 Å². The van der Waals surface area contributed by atoms with E-state index in [1.807, 2.05) is 0 Å². The first-order valence-corrected chi connectivity index (χ1v) is 5.68. The number of hydrogen-bond donors (Lipinski definition) is 1. The summed E-state index contributed by atoms with van der Waals surface area (Å²) in [7, 11) is 0. The Kier molecular flexibility index (Phi) is 2.74. The van der Waals surface area contributed by atoms with Crippen molar-refractivity contribution in [2.45, 2.75) is 45.4 Å². The molecule has 4 nitrogen and oxygen atoms in total. The summed E-state index contributed by atoms with van der Waals surface area (Å²) in [5.41, 5.74) is 0.331. The van der Waals surface area contributed by atoms with Crippen LogP contribution in [0.25, 0.3) is 0 Å². The monoisotopic (exact) mass is 223 g/mol. The Morgan fingerprint density at radius 1 is 1.62 bits per heavy atom. The van der Waals surface area contributed by atoms with Crippen molar-refractivity contribution in [2.75, 3.05) is 0 Å². The Balaban J connectivity index is 2.14. The van der Waals surface area contributed by atoms with E-state index in [9.17, 15) is 4.79 Å². The van der Waals surface area contributed by atoms with Gasteiger partial charge in [-0.1, -0.05) is 25.4 Å². The summed E-state index contributed by atoms with van der Waals surface area (Å²) in [6, 6.07) is 1.56. The molecular weight excluding hydrogens is 206 g/mol. The molecule has 1 saturated carbocycles. The second kappa shape index (κ2) is 3.92. The first kappa shape index (κ1) is 11.2. The molecule has 2 rings (SSSR count). The highest BCUT2D eigenvalue weighted by molar-refractivity contribution is 5.85. The molecule has 4 heteroatoms. The lowest BCUT2D eigenvalue weighted by atomic mass is 9.71. The summed E-state index contributed by atoms with van der Waals surface area (Å²) >= 11 is 0. The highest BCUT2D eigenvalue weighted by Crippen LogP contribution is 2.43. The number of aromatic carboxylic acids is 1. The van der Waals surface area contributed by atoms with E-state index in [0.717, 1.165) is 18.6 Å². The van der Waals surface area contributed by atoms with Gasteiger partial charge >= 0.3 is 5.97 Å². The predicted octanol–water partition coefficient (Wildman–Crippen LogP) is 3.06. The molecule has 0 saturated heterocycles. The molecule has 1 atom stereocenters. The quantitative estimate of drug-likeness (QED) is 0.836. The molecule has 0 aliphatic heterocycles. The van der Waals surface area contributed by atoms with Gasteiger partial charge < -0.3 is 9.63 Å². The third-order valence-electron chi connectivity index (χ3n) is 3.35. The first-order chi connectivity index (χ1) is 7.48. The highest BCUT2D eigenvalue weighted by Gasteiger charge is 2.31. The van der Waals surface area contributed by atoms with E-state index in [-0.39, 0.29) is 5.69 Å². The van der Waals surface area contributed by atoms with Crippen LogP contribution in [0, 0.1) is 5.41 Å². The lowest BCUT2D eigenvalue weighted by molar-refractivity contribution is 0.0685. The molecule has 0 aromatic carbocycles. The molecule has 1 N–H and O–H groups in total. The fourth-order valence-electron chi connectivity index (χ4n) is 2.52. The van der Waals surface area contributed by atoms with E-state index in [0.29, 0.717) is 11.3 Å². The number of hydrogen-bond acceptors (Lipinski definition) is 3. The fraction of sp³-hybridized carbons (Fsp3) is 0.667. The van der Waals surface area contributed by atoms with Crippen molar-refractivity contribution in [3.63, 3.8) is 0 Å². The molecule has 1 heterocycles. The summed E-state index contributed by atoms with van der Waals surface area (Å²) in [6.07, 6.45) is 4.50. The summed E-state index contributed by atoms with van der Waals surface area (Å²) < 4.78 is 5.13. The van der Waals surface area contributed by atoms with Gasteiger partial charge in [0.15, 0.2) is 5.69 Å². The molecule has 1 aromatic rings. The van der Waals surface area contributed by atoms with Crippen LogP contribution in [0.5, 0.6) is 0 Å². The maximum Gasteiger partial charge on any atom is 0.358 e. The van der Waals surface area contributed by atoms with Crippen LogP contribution in [-0.2, 0) is 0 Å². The third kappa shape index (κ3) is 2.26. The molecule has 16 heavy (non-hydrogen) atoms. The second-order valence-electron chi connectivity index (χ2n) is 5.38. The Hall–Kier alpha value is -1.32. The van der Waals surface area contributed by atoms with E-state index in [4.69, 9.17) is 9.63 Å². The second-order valence-corrected chi connectivity index (χ2v) is 5.38. The first-order valence-electron chi connectivity index (χ1n) is 5.68. The fourth-order valence-corrected chi connectivity index (χ4v) is 2.52. The zero-order valence-electron chi connectivity index (χ0n) is 9.69. The van der Waals surface area contributed by atoms with Crippen LogP contribution in [0.3, 0.4) is 0 Å². The normalized spacial score (nSPS) is 24.2. The Morgan fingerprint density at radius 3 is 2.94 bits per heavy atom. The summed E-state index contributed by atoms with van der Waals surface area (Å²) in [4.78, 5) is 10.7. The lowest BCUT2D eigenvalue weighted by Crippen LogP contribution is -2.21.